The number of hydrogen-bond acceptors (Lipinski definition) is 8. The zero-order chi connectivity index (χ0) is 24.9. The number of hydrogen-bond donors (Lipinski definition) is 3. The number of nitriles is 1. The summed E-state index contributed by atoms with van der Waals surface area (Å²) < 4.78 is 20.6. The minimum atomic E-state index is -0.561. The second-order valence-electron chi connectivity index (χ2n) is 9.38. The molecule has 0 bridgehead atoms. The quantitative estimate of drug-likeness (QED) is 0.515. The van der Waals surface area contributed by atoms with Crippen LogP contribution in [0.25, 0.3) is 11.3 Å². The van der Waals surface area contributed by atoms with Crippen LogP contribution in [0.3, 0.4) is 0 Å². The van der Waals surface area contributed by atoms with E-state index < -0.39 is 11.9 Å². The summed E-state index contributed by atoms with van der Waals surface area (Å²) in [6, 6.07) is 11.6. The number of aromatic nitrogens is 2. The molecule has 2 aromatic heterocycles. The predicted octanol–water partition coefficient (Wildman–Crippen LogP) is 2.87. The smallest absolute Gasteiger partial charge is 0.255 e. The highest BCUT2D eigenvalue weighted by molar-refractivity contribution is 6.04. The summed E-state index contributed by atoms with van der Waals surface area (Å²) >= 11 is 0. The lowest BCUT2D eigenvalue weighted by atomic mass is 9.98. The molecule has 1 spiro atoms. The molecule has 9 nitrogen and oxygen atoms in total. The van der Waals surface area contributed by atoms with Gasteiger partial charge in [0.25, 0.3) is 5.91 Å². The molecule has 0 saturated carbocycles. The first-order valence-corrected chi connectivity index (χ1v) is 11.8. The van der Waals surface area contributed by atoms with Crippen molar-refractivity contribution in [2.75, 3.05) is 29.9 Å². The first kappa shape index (κ1) is 22.4. The van der Waals surface area contributed by atoms with Crippen molar-refractivity contribution in [1.29, 1.82) is 5.26 Å². The van der Waals surface area contributed by atoms with Crippen LogP contribution < -0.4 is 15.5 Å². The zero-order valence-electron chi connectivity index (χ0n) is 19.3. The van der Waals surface area contributed by atoms with Gasteiger partial charge in [-0.1, -0.05) is 6.07 Å². The van der Waals surface area contributed by atoms with E-state index >= 15 is 0 Å². The van der Waals surface area contributed by atoms with E-state index in [1.165, 1.54) is 18.2 Å². The van der Waals surface area contributed by atoms with Crippen LogP contribution in [0.5, 0.6) is 0 Å². The first-order chi connectivity index (χ1) is 17.4. The molecule has 1 unspecified atom stereocenters. The fourth-order valence-electron chi connectivity index (χ4n) is 5.29. The largest absolute Gasteiger partial charge is 0.391 e. The van der Waals surface area contributed by atoms with Gasteiger partial charge >= 0.3 is 0 Å². The molecular weight excluding hydrogens is 463 g/mol. The van der Waals surface area contributed by atoms with E-state index in [9.17, 15) is 19.6 Å². The molecule has 0 radical (unpaired) electrons. The Hall–Kier alpha value is -4.07. The first-order valence-electron chi connectivity index (χ1n) is 11.8. The van der Waals surface area contributed by atoms with Crippen molar-refractivity contribution in [2.45, 2.75) is 31.1 Å². The van der Waals surface area contributed by atoms with Gasteiger partial charge in [-0.25, -0.2) is 14.4 Å². The fraction of sp³-hybridized carbons (Fsp3) is 0.308. The highest BCUT2D eigenvalue weighted by Crippen LogP contribution is 2.38. The van der Waals surface area contributed by atoms with Crippen LogP contribution in [-0.2, 0) is 11.3 Å². The van der Waals surface area contributed by atoms with Crippen LogP contribution in [0.2, 0.25) is 0 Å². The molecule has 0 aliphatic carbocycles. The molecule has 2 atom stereocenters. The molecule has 36 heavy (non-hydrogen) atoms. The average molecular weight is 487 g/mol. The lowest BCUT2D eigenvalue weighted by Crippen LogP contribution is -2.33. The standard InChI is InChI=1S/C26H23FN6O3/c27-18-3-1-2-15(10-28)23(18)19-8-20(24-21(31-19)12-30-25(24)35)32-22-5-4-16(11-29-22)33-7-6-26(14-33)9-17(34)13-36-26/h1-5,8,11,17,34H,6-7,9,12-14H2,(H,30,35)(H,29,31,32)/t17?,26-/m1/s1. The molecule has 3 aromatic rings. The second kappa shape index (κ2) is 8.55. The number of amides is 1. The molecule has 5 heterocycles. The van der Waals surface area contributed by atoms with E-state index in [1.54, 1.807) is 12.3 Å². The minimum Gasteiger partial charge on any atom is -0.391 e. The molecular formula is C26H23FN6O3. The lowest BCUT2D eigenvalue weighted by Gasteiger charge is -2.24. The normalized spacial score (nSPS) is 22.5. The van der Waals surface area contributed by atoms with Gasteiger partial charge in [-0.3, -0.25) is 4.79 Å². The van der Waals surface area contributed by atoms with Gasteiger partial charge < -0.3 is 25.4 Å². The Kier molecular flexibility index (Phi) is 5.32. The topological polar surface area (TPSA) is 123 Å². The van der Waals surface area contributed by atoms with Crippen molar-refractivity contribution in [3.05, 3.63) is 65.2 Å². The average Bonchev–Trinajstić information content (AvgIpc) is 3.58. The summed E-state index contributed by atoms with van der Waals surface area (Å²) in [6.07, 6.45) is 2.84. The number of fused-ring (bicyclic) bond motifs is 1. The van der Waals surface area contributed by atoms with Crippen LogP contribution >= 0.6 is 0 Å². The number of benzene rings is 1. The summed E-state index contributed by atoms with van der Waals surface area (Å²) in [7, 11) is 0. The maximum Gasteiger partial charge on any atom is 0.255 e. The maximum atomic E-state index is 14.7. The number of nitrogens with one attached hydrogen (secondary N) is 2. The second-order valence-corrected chi connectivity index (χ2v) is 9.38. The van der Waals surface area contributed by atoms with Crippen LogP contribution in [0.1, 0.15) is 34.5 Å². The number of halogens is 1. The monoisotopic (exact) mass is 486 g/mol. The van der Waals surface area contributed by atoms with Gasteiger partial charge in [0.2, 0.25) is 0 Å². The van der Waals surface area contributed by atoms with Crippen molar-refractivity contribution >= 4 is 23.1 Å². The number of ether oxygens (including phenoxy) is 1. The lowest BCUT2D eigenvalue weighted by molar-refractivity contribution is 0.0185. The number of carbonyl (C=O) groups excluding carboxylic acids is 1. The molecule has 2 fully saturated rings. The van der Waals surface area contributed by atoms with Crippen LogP contribution in [-0.4, -0.2) is 52.4 Å². The van der Waals surface area contributed by atoms with Gasteiger partial charge in [0.1, 0.15) is 11.6 Å². The van der Waals surface area contributed by atoms with Crippen LogP contribution in [0.15, 0.2) is 42.6 Å². The van der Waals surface area contributed by atoms with Gasteiger partial charge in [0, 0.05) is 19.5 Å². The fourth-order valence-corrected chi connectivity index (χ4v) is 5.29. The van der Waals surface area contributed by atoms with Crippen molar-refractivity contribution in [1.82, 2.24) is 15.3 Å². The van der Waals surface area contributed by atoms with E-state index in [0.29, 0.717) is 42.3 Å². The van der Waals surface area contributed by atoms with Gasteiger partial charge in [0.15, 0.2) is 0 Å². The Morgan fingerprint density at radius 1 is 1.31 bits per heavy atom. The molecule has 2 saturated heterocycles. The molecule has 3 aliphatic heterocycles. The molecule has 182 valence electrons. The van der Waals surface area contributed by atoms with Crippen molar-refractivity contribution in [3.63, 3.8) is 0 Å². The molecule has 3 aliphatic rings. The van der Waals surface area contributed by atoms with E-state index in [4.69, 9.17) is 4.74 Å². The molecule has 3 N–H and O–H groups in total. The number of pyridine rings is 2. The Balaban J connectivity index is 1.29. The summed E-state index contributed by atoms with van der Waals surface area (Å²) in [4.78, 5) is 23.7. The Morgan fingerprint density at radius 2 is 2.19 bits per heavy atom. The van der Waals surface area contributed by atoms with E-state index in [0.717, 1.165) is 18.7 Å². The number of aliphatic hydroxyl groups excluding tert-OH is 1. The van der Waals surface area contributed by atoms with Crippen LogP contribution in [0.4, 0.5) is 21.6 Å². The molecule has 10 heteroatoms. The van der Waals surface area contributed by atoms with E-state index in [1.807, 2.05) is 18.2 Å². The summed E-state index contributed by atoms with van der Waals surface area (Å²) in [5.41, 5.74) is 2.44. The van der Waals surface area contributed by atoms with Crippen molar-refractivity contribution < 1.29 is 19.0 Å². The summed E-state index contributed by atoms with van der Waals surface area (Å²) in [5, 5.41) is 25.3. The van der Waals surface area contributed by atoms with Gasteiger partial charge in [-0.05, 0) is 36.8 Å². The molecule has 6 rings (SSSR count). The van der Waals surface area contributed by atoms with Gasteiger partial charge in [0.05, 0.1) is 76.6 Å². The van der Waals surface area contributed by atoms with Gasteiger partial charge in [-0.15, -0.1) is 0 Å². The summed E-state index contributed by atoms with van der Waals surface area (Å²) in [6.45, 7) is 2.10. The highest BCUT2D eigenvalue weighted by Gasteiger charge is 2.45. The van der Waals surface area contributed by atoms with Crippen molar-refractivity contribution in [2.24, 2.45) is 0 Å². The van der Waals surface area contributed by atoms with Gasteiger partial charge in [-0.2, -0.15) is 5.26 Å². The Labute approximate surface area is 206 Å². The number of anilines is 3. The number of rotatable bonds is 4. The van der Waals surface area contributed by atoms with Crippen molar-refractivity contribution in [3.8, 4) is 17.3 Å². The number of aliphatic hydroxyl groups is 1. The maximum absolute atomic E-state index is 14.7. The predicted molar refractivity (Wildman–Crippen MR) is 129 cm³/mol. The minimum absolute atomic E-state index is 0.0933. The molecule has 1 amide bonds. The third-order valence-corrected chi connectivity index (χ3v) is 7.01. The number of nitrogens with zero attached hydrogens (tertiary/aromatic N) is 4. The number of carbonyl (C=O) groups is 1. The molecule has 1 aromatic carbocycles. The third kappa shape index (κ3) is 3.82. The van der Waals surface area contributed by atoms with E-state index in [2.05, 4.69) is 25.5 Å². The Morgan fingerprint density at radius 3 is 2.94 bits per heavy atom. The highest BCUT2D eigenvalue weighted by atomic mass is 19.1. The SMILES string of the molecule is N#Cc1cccc(F)c1-c1cc(Nc2ccc(N3CC[C@@]4(CC(O)CO4)C3)cn2)c2c(n1)CNC2=O. The van der Waals surface area contributed by atoms with Crippen LogP contribution in [0, 0.1) is 17.1 Å². The third-order valence-electron chi connectivity index (χ3n) is 7.01. The van der Waals surface area contributed by atoms with E-state index in [-0.39, 0.29) is 34.9 Å². The Bertz CT molecular complexity index is 1410. The zero-order valence-corrected chi connectivity index (χ0v) is 19.3. The summed E-state index contributed by atoms with van der Waals surface area (Å²) in [5.74, 6) is -0.332.